The lowest BCUT2D eigenvalue weighted by atomic mass is 10.4. The van der Waals surface area contributed by atoms with E-state index in [1.54, 1.807) is 6.26 Å². The van der Waals surface area contributed by atoms with Crippen molar-refractivity contribution in [3.63, 3.8) is 0 Å². The Morgan fingerprint density at radius 1 is 1.44 bits per heavy atom. The van der Waals surface area contributed by atoms with Crippen molar-refractivity contribution in [3.8, 4) is 0 Å². The molecule has 0 radical (unpaired) electrons. The predicted octanol–water partition coefficient (Wildman–Crippen LogP) is 0.781. The topological polar surface area (TPSA) is 72.7 Å². The summed E-state index contributed by atoms with van der Waals surface area (Å²) in [6.07, 6.45) is 1.60. The number of ether oxygens (including phenoxy) is 2. The molecular formula is C11H16N2O4S. The van der Waals surface area contributed by atoms with Crippen LogP contribution in [0.2, 0.25) is 0 Å². The molecule has 1 aromatic heterocycles. The molecule has 0 spiro atoms. The summed E-state index contributed by atoms with van der Waals surface area (Å²) in [5.41, 5.74) is 0. The van der Waals surface area contributed by atoms with Crippen LogP contribution in [0, 0.1) is 0 Å². The monoisotopic (exact) mass is 272 g/mol. The summed E-state index contributed by atoms with van der Waals surface area (Å²) in [5.74, 6) is 0.483. The summed E-state index contributed by atoms with van der Waals surface area (Å²) in [5, 5.41) is 6.28. The zero-order valence-corrected chi connectivity index (χ0v) is 10.9. The summed E-state index contributed by atoms with van der Waals surface area (Å²) < 4.78 is 15.0. The Morgan fingerprint density at radius 3 is 2.94 bits per heavy atom. The van der Waals surface area contributed by atoms with Crippen LogP contribution in [-0.4, -0.2) is 31.0 Å². The van der Waals surface area contributed by atoms with Gasteiger partial charge < -0.3 is 24.5 Å². The first-order valence-electron chi connectivity index (χ1n) is 5.43. The molecule has 0 unspecified atom stereocenters. The van der Waals surface area contributed by atoms with Gasteiger partial charge in [-0.05, 0) is 24.4 Å². The van der Waals surface area contributed by atoms with E-state index in [0.717, 1.165) is 5.76 Å². The van der Waals surface area contributed by atoms with Gasteiger partial charge in [0.05, 0.1) is 19.4 Å². The lowest BCUT2D eigenvalue weighted by molar-refractivity contribution is -0.142. The van der Waals surface area contributed by atoms with Gasteiger partial charge in [-0.2, -0.15) is 0 Å². The third kappa shape index (κ3) is 6.87. The molecular weight excluding hydrogens is 256 g/mol. The van der Waals surface area contributed by atoms with Crippen LogP contribution in [0.15, 0.2) is 22.8 Å². The summed E-state index contributed by atoms with van der Waals surface area (Å²) in [6.45, 7) is 2.69. The minimum absolute atomic E-state index is 0.240. The highest BCUT2D eigenvalue weighted by Crippen LogP contribution is 1.97. The molecule has 1 aromatic rings. The van der Waals surface area contributed by atoms with Crippen LogP contribution >= 0.6 is 12.2 Å². The van der Waals surface area contributed by atoms with Gasteiger partial charge in [0.2, 0.25) is 0 Å². The second-order valence-electron chi connectivity index (χ2n) is 3.33. The second kappa shape index (κ2) is 8.48. The number of hydrogen-bond acceptors (Lipinski definition) is 5. The summed E-state index contributed by atoms with van der Waals surface area (Å²) in [6, 6.07) is 3.66. The van der Waals surface area contributed by atoms with E-state index in [1.165, 1.54) is 6.92 Å². The van der Waals surface area contributed by atoms with Gasteiger partial charge in [0, 0.05) is 6.92 Å². The maximum absolute atomic E-state index is 10.4. The molecule has 0 aliphatic heterocycles. The number of thiocarbonyl (C=S) groups is 1. The highest BCUT2D eigenvalue weighted by Gasteiger charge is 1.98. The largest absolute Gasteiger partial charge is 0.467 e. The van der Waals surface area contributed by atoms with E-state index < -0.39 is 0 Å². The van der Waals surface area contributed by atoms with E-state index in [2.05, 4.69) is 10.6 Å². The van der Waals surface area contributed by atoms with E-state index in [4.69, 9.17) is 26.1 Å². The number of furan rings is 1. The maximum atomic E-state index is 10.4. The summed E-state index contributed by atoms with van der Waals surface area (Å²) in [4.78, 5) is 10.4. The van der Waals surface area contributed by atoms with Crippen LogP contribution in [0.4, 0.5) is 0 Å². The van der Waals surface area contributed by atoms with E-state index in [0.29, 0.717) is 18.3 Å². The van der Waals surface area contributed by atoms with Crippen LogP contribution in [-0.2, 0) is 20.8 Å². The third-order valence-electron chi connectivity index (χ3n) is 1.87. The van der Waals surface area contributed by atoms with E-state index >= 15 is 0 Å². The first-order chi connectivity index (χ1) is 8.68. The lowest BCUT2D eigenvalue weighted by Gasteiger charge is -2.09. The normalized spacial score (nSPS) is 9.83. The number of nitrogens with one attached hydrogen (secondary N) is 2. The lowest BCUT2D eigenvalue weighted by Crippen LogP contribution is -2.36. The SMILES string of the molecule is CC(=O)OCCOCNC(=S)NCc1ccco1. The van der Waals surface area contributed by atoms with Gasteiger partial charge in [0.25, 0.3) is 0 Å². The molecule has 7 heteroatoms. The fourth-order valence-corrected chi connectivity index (χ4v) is 1.21. The molecule has 1 rings (SSSR count). The summed E-state index contributed by atoms with van der Waals surface area (Å²) >= 11 is 5.02. The van der Waals surface area contributed by atoms with Crippen LogP contribution in [0.5, 0.6) is 0 Å². The Balaban J connectivity index is 1.95. The molecule has 0 aliphatic carbocycles. The van der Waals surface area contributed by atoms with Crippen molar-refractivity contribution in [3.05, 3.63) is 24.2 Å². The molecule has 0 atom stereocenters. The standard InChI is InChI=1S/C11H16N2O4S/c1-9(14)16-6-5-15-8-13-11(18)12-7-10-3-2-4-17-10/h2-4H,5-8H2,1H3,(H2,12,13,18). The van der Waals surface area contributed by atoms with Crippen molar-refractivity contribution >= 4 is 23.3 Å². The van der Waals surface area contributed by atoms with Crippen molar-refractivity contribution in [2.75, 3.05) is 19.9 Å². The Labute approximate surface area is 111 Å². The number of esters is 1. The minimum atomic E-state index is -0.317. The molecule has 18 heavy (non-hydrogen) atoms. The highest BCUT2D eigenvalue weighted by molar-refractivity contribution is 7.80. The highest BCUT2D eigenvalue weighted by atomic mass is 32.1. The molecule has 0 bridgehead atoms. The van der Waals surface area contributed by atoms with Crippen molar-refractivity contribution in [2.24, 2.45) is 0 Å². The molecule has 0 aromatic carbocycles. The average Bonchev–Trinajstić information content (AvgIpc) is 2.83. The number of hydrogen-bond donors (Lipinski definition) is 2. The van der Waals surface area contributed by atoms with Crippen molar-refractivity contribution in [1.82, 2.24) is 10.6 Å². The van der Waals surface area contributed by atoms with Crippen molar-refractivity contribution in [2.45, 2.75) is 13.5 Å². The summed E-state index contributed by atoms with van der Waals surface area (Å²) in [7, 11) is 0. The zero-order valence-electron chi connectivity index (χ0n) is 10.1. The van der Waals surface area contributed by atoms with Gasteiger partial charge in [-0.25, -0.2) is 0 Å². The molecule has 0 saturated heterocycles. The van der Waals surface area contributed by atoms with Crippen LogP contribution in [0.1, 0.15) is 12.7 Å². The Morgan fingerprint density at radius 2 is 2.28 bits per heavy atom. The quantitative estimate of drug-likeness (QED) is 0.329. The molecule has 0 amide bonds. The van der Waals surface area contributed by atoms with E-state index in [-0.39, 0.29) is 19.3 Å². The van der Waals surface area contributed by atoms with E-state index in [1.807, 2.05) is 12.1 Å². The van der Waals surface area contributed by atoms with Crippen LogP contribution < -0.4 is 10.6 Å². The van der Waals surface area contributed by atoms with Crippen molar-refractivity contribution in [1.29, 1.82) is 0 Å². The first-order valence-corrected chi connectivity index (χ1v) is 5.84. The molecule has 0 aliphatic rings. The number of rotatable bonds is 7. The molecule has 6 nitrogen and oxygen atoms in total. The van der Waals surface area contributed by atoms with Gasteiger partial charge >= 0.3 is 5.97 Å². The maximum Gasteiger partial charge on any atom is 0.302 e. The fourth-order valence-electron chi connectivity index (χ4n) is 1.08. The number of carbonyl (C=O) groups excluding carboxylic acids is 1. The van der Waals surface area contributed by atoms with Gasteiger partial charge in [0.15, 0.2) is 5.11 Å². The molecule has 2 N–H and O–H groups in total. The molecule has 0 saturated carbocycles. The number of carbonyl (C=O) groups is 1. The van der Waals surface area contributed by atoms with Gasteiger partial charge in [-0.15, -0.1) is 0 Å². The first kappa shape index (κ1) is 14.5. The Hall–Kier alpha value is -1.60. The molecule has 1 heterocycles. The van der Waals surface area contributed by atoms with Gasteiger partial charge in [-0.3, -0.25) is 4.79 Å². The second-order valence-corrected chi connectivity index (χ2v) is 3.74. The Bertz CT molecular complexity index is 367. The van der Waals surface area contributed by atoms with Crippen molar-refractivity contribution < 1.29 is 18.7 Å². The zero-order chi connectivity index (χ0) is 13.2. The van der Waals surface area contributed by atoms with Crippen LogP contribution in [0.3, 0.4) is 0 Å². The Kier molecular flexibility index (Phi) is 6.82. The van der Waals surface area contributed by atoms with Gasteiger partial charge in [0.1, 0.15) is 19.1 Å². The third-order valence-corrected chi connectivity index (χ3v) is 2.16. The minimum Gasteiger partial charge on any atom is -0.467 e. The average molecular weight is 272 g/mol. The van der Waals surface area contributed by atoms with E-state index in [9.17, 15) is 4.79 Å². The predicted molar refractivity (Wildman–Crippen MR) is 68.7 cm³/mol. The molecule has 0 fully saturated rings. The smallest absolute Gasteiger partial charge is 0.302 e. The fraction of sp³-hybridized carbons (Fsp3) is 0.455. The van der Waals surface area contributed by atoms with Crippen LogP contribution in [0.25, 0.3) is 0 Å². The molecule has 100 valence electrons. The van der Waals surface area contributed by atoms with Gasteiger partial charge in [-0.1, -0.05) is 0 Å².